The first-order valence-corrected chi connectivity index (χ1v) is 5.85. The summed E-state index contributed by atoms with van der Waals surface area (Å²) in [6, 6.07) is 0.316. The Hall–Kier alpha value is -0.120. The predicted molar refractivity (Wildman–Crippen MR) is 59.4 cm³/mol. The smallest absolute Gasteiger partial charge is 0.0702 e. The van der Waals surface area contributed by atoms with Gasteiger partial charge in [-0.05, 0) is 25.8 Å². The maximum Gasteiger partial charge on any atom is 0.0702 e. The third kappa shape index (κ3) is 3.95. The zero-order valence-electron chi connectivity index (χ0n) is 9.54. The second-order valence-corrected chi connectivity index (χ2v) is 4.16. The van der Waals surface area contributed by atoms with Gasteiger partial charge in [-0.2, -0.15) is 0 Å². The van der Waals surface area contributed by atoms with Crippen molar-refractivity contribution in [3.8, 4) is 0 Å². The summed E-state index contributed by atoms with van der Waals surface area (Å²) in [4.78, 5) is 2.41. The van der Waals surface area contributed by atoms with Crippen molar-refractivity contribution in [3.05, 3.63) is 0 Å². The summed E-state index contributed by atoms with van der Waals surface area (Å²) in [5.41, 5.74) is 5.94. The minimum atomic E-state index is 0.316. The number of ether oxygens (including phenoxy) is 1. The molecule has 0 aromatic rings. The Bertz CT molecular complexity index is 146. The molecular formula is C11H24N2O. The SMILES string of the molecule is CCC(N)CN(CC)CC1CCCO1. The number of hydrogen-bond acceptors (Lipinski definition) is 3. The Balaban J connectivity index is 2.22. The van der Waals surface area contributed by atoms with Gasteiger partial charge < -0.3 is 10.5 Å². The number of likely N-dealkylation sites (N-methyl/N-ethyl adjacent to an activating group) is 1. The molecule has 2 unspecified atom stereocenters. The van der Waals surface area contributed by atoms with Gasteiger partial charge in [0.15, 0.2) is 0 Å². The molecule has 1 heterocycles. The fourth-order valence-corrected chi connectivity index (χ4v) is 1.87. The molecule has 84 valence electrons. The first kappa shape index (κ1) is 12.0. The molecule has 0 aromatic heterocycles. The minimum absolute atomic E-state index is 0.316. The molecule has 1 rings (SSSR count). The minimum Gasteiger partial charge on any atom is -0.377 e. The molecule has 0 radical (unpaired) electrons. The van der Waals surface area contributed by atoms with E-state index in [4.69, 9.17) is 10.5 Å². The van der Waals surface area contributed by atoms with Crippen LogP contribution in [-0.4, -0.2) is 43.3 Å². The maximum absolute atomic E-state index is 5.94. The molecule has 3 heteroatoms. The van der Waals surface area contributed by atoms with Crippen LogP contribution < -0.4 is 5.73 Å². The molecular weight excluding hydrogens is 176 g/mol. The predicted octanol–water partition coefficient (Wildman–Crippen LogP) is 1.22. The quantitative estimate of drug-likeness (QED) is 0.701. The van der Waals surface area contributed by atoms with E-state index in [1.807, 2.05) is 0 Å². The van der Waals surface area contributed by atoms with E-state index in [9.17, 15) is 0 Å². The van der Waals surface area contributed by atoms with Crippen molar-refractivity contribution in [2.75, 3.05) is 26.2 Å². The number of rotatable bonds is 6. The van der Waals surface area contributed by atoms with Crippen molar-refractivity contribution in [1.29, 1.82) is 0 Å². The van der Waals surface area contributed by atoms with Crippen LogP contribution in [0, 0.1) is 0 Å². The Morgan fingerprint density at radius 3 is 2.79 bits per heavy atom. The van der Waals surface area contributed by atoms with Crippen molar-refractivity contribution in [1.82, 2.24) is 4.90 Å². The van der Waals surface area contributed by atoms with Crippen LogP contribution in [0.15, 0.2) is 0 Å². The lowest BCUT2D eigenvalue weighted by Crippen LogP contribution is -2.40. The summed E-state index contributed by atoms with van der Waals surface area (Å²) in [5.74, 6) is 0. The van der Waals surface area contributed by atoms with Gasteiger partial charge in [0.05, 0.1) is 6.10 Å². The second-order valence-electron chi connectivity index (χ2n) is 4.16. The Kier molecular flexibility index (Phi) is 5.45. The van der Waals surface area contributed by atoms with E-state index in [-0.39, 0.29) is 0 Å². The first-order valence-electron chi connectivity index (χ1n) is 5.85. The highest BCUT2D eigenvalue weighted by molar-refractivity contribution is 4.73. The summed E-state index contributed by atoms with van der Waals surface area (Å²) in [6.07, 6.45) is 3.96. The lowest BCUT2D eigenvalue weighted by Gasteiger charge is -2.26. The summed E-state index contributed by atoms with van der Waals surface area (Å²) < 4.78 is 5.62. The van der Waals surface area contributed by atoms with Crippen LogP contribution in [0.25, 0.3) is 0 Å². The molecule has 1 aliphatic heterocycles. The average molecular weight is 200 g/mol. The van der Waals surface area contributed by atoms with Gasteiger partial charge in [0, 0.05) is 25.7 Å². The van der Waals surface area contributed by atoms with Crippen molar-refractivity contribution in [3.63, 3.8) is 0 Å². The zero-order valence-corrected chi connectivity index (χ0v) is 9.54. The van der Waals surface area contributed by atoms with Gasteiger partial charge >= 0.3 is 0 Å². The molecule has 2 atom stereocenters. The van der Waals surface area contributed by atoms with Crippen LogP contribution in [0.4, 0.5) is 0 Å². The van der Waals surface area contributed by atoms with E-state index in [1.165, 1.54) is 12.8 Å². The van der Waals surface area contributed by atoms with Crippen LogP contribution in [0.5, 0.6) is 0 Å². The monoisotopic (exact) mass is 200 g/mol. The third-order valence-corrected chi connectivity index (χ3v) is 2.95. The zero-order chi connectivity index (χ0) is 10.4. The molecule has 0 spiro atoms. The summed E-state index contributed by atoms with van der Waals surface area (Å²) in [7, 11) is 0. The van der Waals surface area contributed by atoms with Crippen molar-refractivity contribution < 1.29 is 4.74 Å². The van der Waals surface area contributed by atoms with Crippen molar-refractivity contribution >= 4 is 0 Å². The molecule has 0 saturated carbocycles. The van der Waals surface area contributed by atoms with Gasteiger partial charge in [0.25, 0.3) is 0 Å². The molecule has 0 aromatic carbocycles. The lowest BCUT2D eigenvalue weighted by atomic mass is 10.2. The van der Waals surface area contributed by atoms with E-state index in [2.05, 4.69) is 18.7 Å². The van der Waals surface area contributed by atoms with Gasteiger partial charge in [-0.1, -0.05) is 13.8 Å². The lowest BCUT2D eigenvalue weighted by molar-refractivity contribution is 0.0728. The van der Waals surface area contributed by atoms with Gasteiger partial charge in [0.2, 0.25) is 0 Å². The van der Waals surface area contributed by atoms with Crippen LogP contribution in [0.1, 0.15) is 33.1 Å². The molecule has 1 fully saturated rings. The van der Waals surface area contributed by atoms with Gasteiger partial charge in [0.1, 0.15) is 0 Å². The highest BCUT2D eigenvalue weighted by Crippen LogP contribution is 2.13. The van der Waals surface area contributed by atoms with Crippen LogP contribution in [0.3, 0.4) is 0 Å². The van der Waals surface area contributed by atoms with Gasteiger partial charge in [-0.25, -0.2) is 0 Å². The normalized spacial score (nSPS) is 24.4. The summed E-state index contributed by atoms with van der Waals surface area (Å²) in [5, 5.41) is 0. The fourth-order valence-electron chi connectivity index (χ4n) is 1.87. The molecule has 2 N–H and O–H groups in total. The highest BCUT2D eigenvalue weighted by atomic mass is 16.5. The number of nitrogens with zero attached hydrogens (tertiary/aromatic N) is 1. The van der Waals surface area contributed by atoms with Crippen molar-refractivity contribution in [2.45, 2.75) is 45.3 Å². The standard InChI is InChI=1S/C11H24N2O/c1-3-10(12)8-13(4-2)9-11-6-5-7-14-11/h10-11H,3-9,12H2,1-2H3. The van der Waals surface area contributed by atoms with Crippen LogP contribution in [0.2, 0.25) is 0 Å². The Labute approximate surface area is 87.6 Å². The van der Waals surface area contributed by atoms with E-state index >= 15 is 0 Å². The molecule has 1 saturated heterocycles. The van der Waals surface area contributed by atoms with Crippen LogP contribution >= 0.6 is 0 Å². The summed E-state index contributed by atoms with van der Waals surface area (Å²) >= 11 is 0. The molecule has 3 nitrogen and oxygen atoms in total. The molecule has 0 bridgehead atoms. The largest absolute Gasteiger partial charge is 0.377 e. The molecule has 14 heavy (non-hydrogen) atoms. The molecule has 0 aliphatic carbocycles. The summed E-state index contributed by atoms with van der Waals surface area (Å²) in [6.45, 7) is 8.43. The first-order chi connectivity index (χ1) is 6.76. The van der Waals surface area contributed by atoms with E-state index in [0.717, 1.165) is 32.7 Å². The van der Waals surface area contributed by atoms with E-state index < -0.39 is 0 Å². The van der Waals surface area contributed by atoms with Gasteiger partial charge in [-0.3, -0.25) is 4.90 Å². The van der Waals surface area contributed by atoms with E-state index in [1.54, 1.807) is 0 Å². The second kappa shape index (κ2) is 6.38. The fraction of sp³-hybridized carbons (Fsp3) is 1.00. The Morgan fingerprint density at radius 2 is 2.29 bits per heavy atom. The third-order valence-electron chi connectivity index (χ3n) is 2.95. The van der Waals surface area contributed by atoms with Crippen LogP contribution in [-0.2, 0) is 4.74 Å². The topological polar surface area (TPSA) is 38.5 Å². The number of hydrogen-bond donors (Lipinski definition) is 1. The molecule has 0 amide bonds. The average Bonchev–Trinajstić information content (AvgIpc) is 2.69. The van der Waals surface area contributed by atoms with Crippen molar-refractivity contribution in [2.24, 2.45) is 5.73 Å². The van der Waals surface area contributed by atoms with E-state index in [0.29, 0.717) is 12.1 Å². The van der Waals surface area contributed by atoms with Gasteiger partial charge in [-0.15, -0.1) is 0 Å². The Morgan fingerprint density at radius 1 is 1.50 bits per heavy atom. The number of nitrogens with two attached hydrogens (primary N) is 1. The highest BCUT2D eigenvalue weighted by Gasteiger charge is 2.19. The maximum atomic E-state index is 5.94. The molecule has 1 aliphatic rings.